The molecule has 0 aliphatic carbocycles. The first-order valence-electron chi connectivity index (χ1n) is 9.91. The van der Waals surface area contributed by atoms with Crippen LogP contribution in [-0.2, 0) is 6.18 Å². The summed E-state index contributed by atoms with van der Waals surface area (Å²) in [6, 6.07) is 10.7. The van der Waals surface area contributed by atoms with Crippen LogP contribution in [0.3, 0.4) is 0 Å². The molecule has 166 valence electrons. The van der Waals surface area contributed by atoms with Gasteiger partial charge < -0.3 is 9.64 Å². The molecule has 0 saturated carbocycles. The van der Waals surface area contributed by atoms with Gasteiger partial charge in [0, 0.05) is 12.1 Å². The van der Waals surface area contributed by atoms with Crippen molar-refractivity contribution in [2.45, 2.75) is 20.0 Å². The molecule has 2 heterocycles. The zero-order valence-corrected chi connectivity index (χ0v) is 18.0. The standard InChI is InChI=1S/C22H19ClF3N5O/c1-3-31(17-10-9-13(11-15(17)23)22(24,25)26)21-28-16-12-27-30-20(16)19(29-21)14-7-5-6-8-18(14)32-4-2/h5-12H,3-4H2,1-2H3,(H,27,30). The van der Waals surface area contributed by atoms with Gasteiger partial charge >= 0.3 is 6.18 Å². The second-order valence-electron chi connectivity index (χ2n) is 6.84. The Bertz CT molecular complexity index is 1260. The fourth-order valence-corrected chi connectivity index (χ4v) is 3.69. The van der Waals surface area contributed by atoms with Gasteiger partial charge in [0.15, 0.2) is 0 Å². The molecule has 6 nitrogen and oxygen atoms in total. The molecule has 0 aliphatic rings. The fraction of sp³-hybridized carbons (Fsp3) is 0.227. The fourth-order valence-electron chi connectivity index (χ4n) is 3.41. The van der Waals surface area contributed by atoms with Crippen molar-refractivity contribution in [1.29, 1.82) is 0 Å². The van der Waals surface area contributed by atoms with Crippen molar-refractivity contribution < 1.29 is 17.9 Å². The van der Waals surface area contributed by atoms with E-state index in [0.717, 1.165) is 17.7 Å². The number of para-hydroxylation sites is 1. The number of hydrogen-bond acceptors (Lipinski definition) is 5. The van der Waals surface area contributed by atoms with E-state index in [2.05, 4.69) is 15.2 Å². The van der Waals surface area contributed by atoms with Gasteiger partial charge in [-0.1, -0.05) is 23.7 Å². The van der Waals surface area contributed by atoms with Gasteiger partial charge in [0.05, 0.1) is 29.1 Å². The molecule has 0 fully saturated rings. The molecule has 32 heavy (non-hydrogen) atoms. The normalized spacial score (nSPS) is 11.7. The van der Waals surface area contributed by atoms with E-state index in [1.54, 1.807) is 11.1 Å². The Morgan fingerprint density at radius 2 is 1.88 bits per heavy atom. The van der Waals surface area contributed by atoms with Gasteiger partial charge in [-0.25, -0.2) is 9.97 Å². The number of anilines is 2. The minimum atomic E-state index is -4.48. The van der Waals surface area contributed by atoms with Crippen LogP contribution in [0.4, 0.5) is 24.8 Å². The minimum Gasteiger partial charge on any atom is -0.493 e. The molecule has 0 aliphatic heterocycles. The number of hydrogen-bond donors (Lipinski definition) is 1. The number of alkyl halides is 3. The summed E-state index contributed by atoms with van der Waals surface area (Å²) in [5.41, 5.74) is 2.03. The van der Waals surface area contributed by atoms with Crippen molar-refractivity contribution in [3.05, 3.63) is 59.2 Å². The van der Waals surface area contributed by atoms with Gasteiger partial charge in [0.1, 0.15) is 22.5 Å². The number of fused-ring (bicyclic) bond motifs is 1. The third kappa shape index (κ3) is 4.08. The zero-order chi connectivity index (χ0) is 22.9. The summed E-state index contributed by atoms with van der Waals surface area (Å²) in [6.07, 6.45) is -2.92. The second-order valence-corrected chi connectivity index (χ2v) is 7.25. The molecule has 4 aromatic rings. The number of ether oxygens (including phenoxy) is 1. The number of benzene rings is 2. The Hall–Kier alpha value is -3.33. The summed E-state index contributed by atoms with van der Waals surface area (Å²) < 4.78 is 45.0. The summed E-state index contributed by atoms with van der Waals surface area (Å²) in [5, 5.41) is 6.95. The lowest BCUT2D eigenvalue weighted by Crippen LogP contribution is -2.20. The predicted octanol–water partition coefficient (Wildman–Crippen LogP) is 6.25. The Morgan fingerprint density at radius 3 is 2.56 bits per heavy atom. The van der Waals surface area contributed by atoms with Crippen LogP contribution in [-0.4, -0.2) is 33.3 Å². The second kappa shape index (κ2) is 8.66. The summed E-state index contributed by atoms with van der Waals surface area (Å²) in [4.78, 5) is 10.9. The summed E-state index contributed by atoms with van der Waals surface area (Å²) in [6.45, 7) is 4.58. The lowest BCUT2D eigenvalue weighted by molar-refractivity contribution is -0.137. The molecule has 0 atom stereocenters. The smallest absolute Gasteiger partial charge is 0.416 e. The molecule has 0 unspecified atom stereocenters. The highest BCUT2D eigenvalue weighted by Crippen LogP contribution is 2.38. The quantitative estimate of drug-likeness (QED) is 0.367. The largest absolute Gasteiger partial charge is 0.493 e. The lowest BCUT2D eigenvalue weighted by Gasteiger charge is -2.23. The topological polar surface area (TPSA) is 66.9 Å². The summed E-state index contributed by atoms with van der Waals surface area (Å²) >= 11 is 6.24. The maximum atomic E-state index is 13.1. The number of nitrogens with one attached hydrogen (secondary N) is 1. The van der Waals surface area contributed by atoms with E-state index in [-0.39, 0.29) is 11.0 Å². The highest BCUT2D eigenvalue weighted by atomic mass is 35.5. The molecule has 0 radical (unpaired) electrons. The van der Waals surface area contributed by atoms with Crippen molar-refractivity contribution in [3.63, 3.8) is 0 Å². The van der Waals surface area contributed by atoms with Gasteiger partial charge in [0.25, 0.3) is 0 Å². The van der Waals surface area contributed by atoms with Gasteiger partial charge in [-0.2, -0.15) is 18.3 Å². The highest BCUT2D eigenvalue weighted by Gasteiger charge is 2.31. The van der Waals surface area contributed by atoms with E-state index < -0.39 is 11.7 Å². The van der Waals surface area contributed by atoms with E-state index in [0.29, 0.717) is 41.3 Å². The van der Waals surface area contributed by atoms with E-state index in [1.807, 2.05) is 38.1 Å². The first-order valence-corrected chi connectivity index (χ1v) is 10.3. The van der Waals surface area contributed by atoms with Gasteiger partial charge in [-0.05, 0) is 44.2 Å². The molecule has 4 rings (SSSR count). The first kappa shape index (κ1) is 21.9. The van der Waals surface area contributed by atoms with Crippen molar-refractivity contribution in [3.8, 4) is 17.0 Å². The van der Waals surface area contributed by atoms with Crippen molar-refractivity contribution >= 4 is 34.3 Å². The SMILES string of the molecule is CCOc1ccccc1-c1nc(N(CC)c2ccc(C(F)(F)F)cc2Cl)nc2cn[nH]c12. The Morgan fingerprint density at radius 1 is 1.09 bits per heavy atom. The van der Waals surface area contributed by atoms with Crippen LogP contribution in [0.1, 0.15) is 19.4 Å². The molecule has 0 spiro atoms. The number of H-pyrrole nitrogens is 1. The maximum absolute atomic E-state index is 13.1. The minimum absolute atomic E-state index is 0.0474. The maximum Gasteiger partial charge on any atom is 0.416 e. The molecule has 1 N–H and O–H groups in total. The first-order chi connectivity index (χ1) is 15.3. The van der Waals surface area contributed by atoms with Crippen LogP contribution in [0.5, 0.6) is 5.75 Å². The predicted molar refractivity (Wildman–Crippen MR) is 117 cm³/mol. The van der Waals surface area contributed by atoms with E-state index in [4.69, 9.17) is 21.3 Å². The van der Waals surface area contributed by atoms with Crippen LogP contribution >= 0.6 is 11.6 Å². The molecule has 0 bridgehead atoms. The molecule has 10 heteroatoms. The molecule has 2 aromatic carbocycles. The molecular formula is C22H19ClF3N5O. The van der Waals surface area contributed by atoms with E-state index >= 15 is 0 Å². The molecular weight excluding hydrogens is 443 g/mol. The molecule has 0 saturated heterocycles. The average molecular weight is 462 g/mol. The van der Waals surface area contributed by atoms with Crippen LogP contribution in [0.25, 0.3) is 22.3 Å². The summed E-state index contributed by atoms with van der Waals surface area (Å²) in [7, 11) is 0. The number of nitrogens with zero attached hydrogens (tertiary/aromatic N) is 4. The number of rotatable bonds is 6. The Kier molecular flexibility index (Phi) is 5.92. The van der Waals surface area contributed by atoms with E-state index in [1.165, 1.54) is 6.07 Å². The highest BCUT2D eigenvalue weighted by molar-refractivity contribution is 6.33. The third-order valence-corrected chi connectivity index (χ3v) is 5.16. The molecule has 0 amide bonds. The van der Waals surface area contributed by atoms with E-state index in [9.17, 15) is 13.2 Å². The summed E-state index contributed by atoms with van der Waals surface area (Å²) in [5.74, 6) is 0.926. The number of halogens is 4. The van der Waals surface area contributed by atoms with Crippen LogP contribution < -0.4 is 9.64 Å². The van der Waals surface area contributed by atoms with Crippen LogP contribution in [0, 0.1) is 0 Å². The molecule has 2 aromatic heterocycles. The number of aromatic amines is 1. The van der Waals surface area contributed by atoms with Gasteiger partial charge in [-0.3, -0.25) is 5.10 Å². The third-order valence-electron chi connectivity index (χ3n) is 4.85. The van der Waals surface area contributed by atoms with Crippen LogP contribution in [0.15, 0.2) is 48.7 Å². The lowest BCUT2D eigenvalue weighted by atomic mass is 10.1. The van der Waals surface area contributed by atoms with Crippen molar-refractivity contribution in [2.75, 3.05) is 18.1 Å². The zero-order valence-electron chi connectivity index (χ0n) is 17.2. The van der Waals surface area contributed by atoms with Crippen LogP contribution in [0.2, 0.25) is 5.02 Å². The van der Waals surface area contributed by atoms with Gasteiger partial charge in [-0.15, -0.1) is 0 Å². The van der Waals surface area contributed by atoms with Crippen molar-refractivity contribution in [2.24, 2.45) is 0 Å². The van der Waals surface area contributed by atoms with Gasteiger partial charge in [0.2, 0.25) is 5.95 Å². The van der Waals surface area contributed by atoms with Crippen molar-refractivity contribution in [1.82, 2.24) is 20.2 Å². The monoisotopic (exact) mass is 461 g/mol. The Labute approximate surface area is 187 Å². The number of aromatic nitrogens is 4. The Balaban J connectivity index is 1.87. The average Bonchev–Trinajstić information content (AvgIpc) is 3.23.